The Bertz CT molecular complexity index is 1620. The number of carbonyl (C=O) groups excluding carboxylic acids is 1. The van der Waals surface area contributed by atoms with Gasteiger partial charge in [0.25, 0.3) is 5.91 Å². The van der Waals surface area contributed by atoms with Gasteiger partial charge in [-0.3, -0.25) is 9.78 Å². The molecule has 0 bridgehead atoms. The van der Waals surface area contributed by atoms with Crippen LogP contribution in [0.3, 0.4) is 0 Å². The molecule has 218 valence electrons. The van der Waals surface area contributed by atoms with E-state index in [1.54, 1.807) is 6.20 Å². The van der Waals surface area contributed by atoms with Gasteiger partial charge in [-0.25, -0.2) is 0 Å². The van der Waals surface area contributed by atoms with Crippen molar-refractivity contribution < 1.29 is 14.3 Å². The van der Waals surface area contributed by atoms with Gasteiger partial charge in [-0.05, 0) is 66.3 Å². The molecule has 4 aromatic carbocycles. The highest BCUT2D eigenvalue weighted by Gasteiger charge is 2.34. The second-order valence-electron chi connectivity index (χ2n) is 10.4. The van der Waals surface area contributed by atoms with E-state index in [0.29, 0.717) is 30.3 Å². The molecule has 0 spiro atoms. The number of aryl methyl sites for hydroxylation is 2. The van der Waals surface area contributed by atoms with Crippen LogP contribution in [-0.4, -0.2) is 10.9 Å². The van der Waals surface area contributed by atoms with Crippen LogP contribution in [0.5, 0.6) is 11.5 Å². The monoisotopic (exact) mass is 570 g/mol. The topological polar surface area (TPSA) is 51.7 Å². The molecule has 1 aromatic heterocycles. The normalized spacial score (nSPS) is 13.7. The summed E-state index contributed by atoms with van der Waals surface area (Å²) in [7, 11) is 0. The van der Waals surface area contributed by atoms with E-state index < -0.39 is 0 Å². The highest BCUT2D eigenvalue weighted by Crippen LogP contribution is 2.41. The summed E-state index contributed by atoms with van der Waals surface area (Å²) in [6, 6.07) is 35.6. The van der Waals surface area contributed by atoms with E-state index in [9.17, 15) is 4.79 Å². The van der Waals surface area contributed by atoms with Gasteiger partial charge < -0.3 is 14.4 Å². The van der Waals surface area contributed by atoms with Crippen molar-refractivity contribution >= 4 is 11.6 Å². The van der Waals surface area contributed by atoms with Crippen LogP contribution in [0.2, 0.25) is 0 Å². The number of amides is 1. The van der Waals surface area contributed by atoms with E-state index in [2.05, 4.69) is 30.1 Å². The van der Waals surface area contributed by atoms with Gasteiger partial charge >= 0.3 is 0 Å². The number of benzene rings is 4. The van der Waals surface area contributed by atoms with Crippen LogP contribution in [0.1, 0.15) is 64.5 Å². The lowest BCUT2D eigenvalue weighted by atomic mass is 9.90. The zero-order chi connectivity index (χ0) is 30.0. The van der Waals surface area contributed by atoms with Crippen molar-refractivity contribution in [2.75, 3.05) is 4.90 Å². The van der Waals surface area contributed by atoms with E-state index >= 15 is 0 Å². The molecule has 6 rings (SSSR count). The minimum Gasteiger partial charge on any atom is -0.489 e. The lowest BCUT2D eigenvalue weighted by molar-refractivity contribution is 0.0968. The third-order valence-electron chi connectivity index (χ3n) is 7.45. The Labute approximate surface area is 254 Å². The molecular formula is C38H38N2O3. The predicted octanol–water partition coefficient (Wildman–Crippen LogP) is 8.91. The number of hydrogen-bond acceptors (Lipinski definition) is 4. The minimum atomic E-state index is -0.137. The Kier molecular flexibility index (Phi) is 9.86. The maximum absolute atomic E-state index is 14.5. The fraction of sp³-hybridized carbons (Fsp3) is 0.211. The van der Waals surface area contributed by atoms with Crippen LogP contribution in [0.4, 0.5) is 5.69 Å². The Morgan fingerprint density at radius 1 is 0.814 bits per heavy atom. The minimum absolute atomic E-state index is 0.110. The number of aromatic nitrogens is 1. The standard InChI is InChI=1S/C36H32N2O3.C2H6/c1-26-14-18-33-29(21-26)15-19-34(30-13-8-20-37-23-30)38(33)36(39)32-17-16-31(40-24-27-9-4-2-5-10-27)22-35(32)41-25-28-11-6-3-7-12-28;1-2/h2-14,16-18,20-23,34H,15,19,24-25H2,1H3;1-2H3. The molecule has 5 heteroatoms. The summed E-state index contributed by atoms with van der Waals surface area (Å²) in [5.41, 5.74) is 6.89. The third kappa shape index (κ3) is 7.12. The first-order valence-electron chi connectivity index (χ1n) is 15.0. The molecule has 0 saturated carbocycles. The summed E-state index contributed by atoms with van der Waals surface area (Å²) in [6.45, 7) is 6.85. The molecule has 5 aromatic rings. The zero-order valence-corrected chi connectivity index (χ0v) is 25.1. The van der Waals surface area contributed by atoms with Gasteiger partial charge in [-0.1, -0.05) is 98.3 Å². The molecule has 0 aliphatic carbocycles. The number of hydrogen-bond donors (Lipinski definition) is 0. The molecule has 0 fully saturated rings. The average molecular weight is 571 g/mol. The first-order chi connectivity index (χ1) is 21.2. The molecule has 0 N–H and O–H groups in total. The zero-order valence-electron chi connectivity index (χ0n) is 25.1. The predicted molar refractivity (Wildman–Crippen MR) is 173 cm³/mol. The van der Waals surface area contributed by atoms with Gasteiger partial charge in [0, 0.05) is 24.1 Å². The smallest absolute Gasteiger partial charge is 0.262 e. The molecule has 1 aliphatic heterocycles. The number of carbonyl (C=O) groups is 1. The largest absolute Gasteiger partial charge is 0.489 e. The summed E-state index contributed by atoms with van der Waals surface area (Å²) in [5.74, 6) is 1.03. The third-order valence-corrected chi connectivity index (χ3v) is 7.45. The molecule has 1 aliphatic rings. The summed E-state index contributed by atoms with van der Waals surface area (Å²) in [5, 5.41) is 0. The maximum Gasteiger partial charge on any atom is 0.262 e. The highest BCUT2D eigenvalue weighted by molar-refractivity contribution is 6.09. The van der Waals surface area contributed by atoms with Crippen molar-refractivity contribution in [1.29, 1.82) is 0 Å². The second kappa shape index (κ2) is 14.3. The molecular weight excluding hydrogens is 532 g/mol. The van der Waals surface area contributed by atoms with E-state index in [0.717, 1.165) is 35.2 Å². The number of ether oxygens (including phenoxy) is 2. The number of nitrogens with zero attached hydrogens (tertiary/aromatic N) is 2. The van der Waals surface area contributed by atoms with Gasteiger partial charge in [-0.15, -0.1) is 0 Å². The van der Waals surface area contributed by atoms with Crippen molar-refractivity contribution in [1.82, 2.24) is 4.98 Å². The number of anilines is 1. The lowest BCUT2D eigenvalue weighted by Crippen LogP contribution is -2.38. The van der Waals surface area contributed by atoms with Crippen molar-refractivity contribution in [3.8, 4) is 11.5 Å². The van der Waals surface area contributed by atoms with Crippen LogP contribution < -0.4 is 14.4 Å². The van der Waals surface area contributed by atoms with Crippen LogP contribution in [0.25, 0.3) is 0 Å². The molecule has 1 amide bonds. The molecule has 5 nitrogen and oxygen atoms in total. The fourth-order valence-electron chi connectivity index (χ4n) is 5.37. The van der Waals surface area contributed by atoms with Crippen molar-refractivity contribution in [2.24, 2.45) is 0 Å². The molecule has 0 radical (unpaired) electrons. The van der Waals surface area contributed by atoms with E-state index in [-0.39, 0.29) is 11.9 Å². The van der Waals surface area contributed by atoms with Crippen molar-refractivity contribution in [2.45, 2.75) is 52.9 Å². The first-order valence-corrected chi connectivity index (χ1v) is 15.0. The molecule has 1 atom stereocenters. The highest BCUT2D eigenvalue weighted by atomic mass is 16.5. The van der Waals surface area contributed by atoms with Crippen molar-refractivity contribution in [3.63, 3.8) is 0 Å². The SMILES string of the molecule is CC.Cc1ccc2c(c1)CCC(c1cccnc1)N2C(=O)c1ccc(OCc2ccccc2)cc1OCc1ccccc1. The van der Waals surface area contributed by atoms with E-state index in [1.807, 2.05) is 116 Å². The summed E-state index contributed by atoms with van der Waals surface area (Å²) < 4.78 is 12.4. The Balaban J connectivity index is 0.00000180. The summed E-state index contributed by atoms with van der Waals surface area (Å²) in [4.78, 5) is 20.8. The molecule has 43 heavy (non-hydrogen) atoms. The van der Waals surface area contributed by atoms with Crippen LogP contribution >= 0.6 is 0 Å². The Hall–Kier alpha value is -4.90. The summed E-state index contributed by atoms with van der Waals surface area (Å²) >= 11 is 0. The number of pyridine rings is 1. The van der Waals surface area contributed by atoms with Crippen LogP contribution in [0, 0.1) is 6.92 Å². The summed E-state index contributed by atoms with van der Waals surface area (Å²) in [6.07, 6.45) is 5.33. The van der Waals surface area contributed by atoms with Gasteiger partial charge in [0.15, 0.2) is 0 Å². The van der Waals surface area contributed by atoms with Crippen molar-refractivity contribution in [3.05, 3.63) is 155 Å². The lowest BCUT2D eigenvalue weighted by Gasteiger charge is -2.38. The van der Waals surface area contributed by atoms with Crippen LogP contribution in [-0.2, 0) is 19.6 Å². The second-order valence-corrected chi connectivity index (χ2v) is 10.4. The van der Waals surface area contributed by atoms with Gasteiger partial charge in [0.2, 0.25) is 0 Å². The van der Waals surface area contributed by atoms with E-state index in [1.165, 1.54) is 11.1 Å². The van der Waals surface area contributed by atoms with E-state index in [4.69, 9.17) is 9.47 Å². The maximum atomic E-state index is 14.5. The first kappa shape index (κ1) is 29.6. The Morgan fingerprint density at radius 3 is 2.19 bits per heavy atom. The quantitative estimate of drug-likeness (QED) is 0.187. The molecule has 0 saturated heterocycles. The van der Waals surface area contributed by atoms with Gasteiger partial charge in [0.1, 0.15) is 24.7 Å². The van der Waals surface area contributed by atoms with Gasteiger partial charge in [-0.2, -0.15) is 0 Å². The number of rotatable bonds is 8. The Morgan fingerprint density at radius 2 is 1.51 bits per heavy atom. The number of fused-ring (bicyclic) bond motifs is 1. The fourth-order valence-corrected chi connectivity index (χ4v) is 5.37. The molecule has 2 heterocycles. The van der Waals surface area contributed by atoms with Gasteiger partial charge in [0.05, 0.1) is 11.6 Å². The average Bonchev–Trinajstić information content (AvgIpc) is 3.07. The van der Waals surface area contributed by atoms with Crippen LogP contribution in [0.15, 0.2) is 122 Å². The molecule has 1 unspecified atom stereocenters.